The van der Waals surface area contributed by atoms with Gasteiger partial charge in [0.2, 0.25) is 0 Å². The van der Waals surface area contributed by atoms with E-state index in [1.807, 2.05) is 26.0 Å². The molecular weight excluding hydrogens is 410 g/mol. The van der Waals surface area contributed by atoms with Crippen molar-refractivity contribution in [2.24, 2.45) is 0 Å². The number of nitrogens with zero attached hydrogens (tertiary/aromatic N) is 3. The molecule has 1 aromatic heterocycles. The summed E-state index contributed by atoms with van der Waals surface area (Å²) in [6, 6.07) is 12.8. The quantitative estimate of drug-likeness (QED) is 0.616. The average molecular weight is 444 g/mol. The number of likely N-dealkylation sites (N-methyl/N-ethyl adjacent to an activating group) is 1. The number of ketones is 1. The minimum atomic E-state index is -2.96. The molecule has 168 valence electrons. The Balaban J connectivity index is 1.37. The monoisotopic (exact) mass is 443 g/mol. The molecule has 0 amide bonds. The second-order valence-electron chi connectivity index (χ2n) is 9.21. The maximum atomic E-state index is 13.1. The molecule has 0 unspecified atom stereocenters. The van der Waals surface area contributed by atoms with Crippen LogP contribution in [0.5, 0.6) is 0 Å². The van der Waals surface area contributed by atoms with Crippen molar-refractivity contribution in [3.8, 4) is 0 Å². The molecule has 0 bridgehead atoms. The van der Waals surface area contributed by atoms with E-state index in [9.17, 15) is 13.2 Å². The highest BCUT2D eigenvalue weighted by atomic mass is 32.2. The van der Waals surface area contributed by atoms with Crippen LogP contribution in [0, 0.1) is 13.8 Å². The molecule has 2 aromatic rings. The summed E-state index contributed by atoms with van der Waals surface area (Å²) in [5.41, 5.74) is 3.93. The molecule has 0 aliphatic carbocycles. The molecule has 2 atom stereocenters. The van der Waals surface area contributed by atoms with Crippen LogP contribution in [0.4, 0.5) is 0 Å². The van der Waals surface area contributed by atoms with Gasteiger partial charge >= 0.3 is 0 Å². The summed E-state index contributed by atoms with van der Waals surface area (Å²) in [5.74, 6) is 0.550. The molecule has 2 saturated heterocycles. The number of aromatic nitrogens is 1. The Bertz CT molecular complexity index is 1050. The van der Waals surface area contributed by atoms with Gasteiger partial charge in [-0.3, -0.25) is 14.6 Å². The molecule has 6 nitrogen and oxygen atoms in total. The van der Waals surface area contributed by atoms with Crippen LogP contribution < -0.4 is 0 Å². The number of aryl methyl sites for hydroxylation is 1. The van der Waals surface area contributed by atoms with Crippen molar-refractivity contribution in [1.82, 2.24) is 14.4 Å². The molecule has 0 spiro atoms. The van der Waals surface area contributed by atoms with Crippen LogP contribution in [-0.4, -0.2) is 72.8 Å². The van der Waals surface area contributed by atoms with E-state index < -0.39 is 9.84 Å². The van der Waals surface area contributed by atoms with Crippen molar-refractivity contribution in [2.45, 2.75) is 45.3 Å². The van der Waals surface area contributed by atoms with Gasteiger partial charge in [0, 0.05) is 48.7 Å². The van der Waals surface area contributed by atoms with E-state index in [0.29, 0.717) is 19.0 Å². The number of rotatable bonds is 7. The number of hydrogen-bond acceptors (Lipinski definition) is 5. The average Bonchev–Trinajstić information content (AvgIpc) is 3.40. The number of Topliss-reactive ketones (excluding diaryl/α,β-unsaturated/α-hetero) is 1. The number of hydrogen-bond donors (Lipinski definition) is 0. The molecule has 2 aliphatic rings. The number of benzene rings is 1. The van der Waals surface area contributed by atoms with Crippen LogP contribution in [0.25, 0.3) is 0 Å². The van der Waals surface area contributed by atoms with Crippen molar-refractivity contribution in [3.05, 3.63) is 58.9 Å². The van der Waals surface area contributed by atoms with Crippen LogP contribution in [0.3, 0.4) is 0 Å². The molecule has 7 heteroatoms. The Hall–Kier alpha value is -1.96. The van der Waals surface area contributed by atoms with Crippen molar-refractivity contribution in [2.75, 3.05) is 38.2 Å². The fourth-order valence-electron chi connectivity index (χ4n) is 5.20. The predicted molar refractivity (Wildman–Crippen MR) is 123 cm³/mol. The van der Waals surface area contributed by atoms with Crippen molar-refractivity contribution < 1.29 is 13.2 Å². The Morgan fingerprint density at radius 1 is 1.16 bits per heavy atom. The highest BCUT2D eigenvalue weighted by Gasteiger charge is 2.32. The van der Waals surface area contributed by atoms with Gasteiger partial charge in [-0.15, -0.1) is 0 Å². The molecule has 0 saturated carbocycles. The van der Waals surface area contributed by atoms with E-state index in [0.717, 1.165) is 43.0 Å². The minimum Gasteiger partial charge on any atom is -0.344 e. The first kappa shape index (κ1) is 22.2. The molecule has 31 heavy (non-hydrogen) atoms. The Labute approximate surface area is 185 Å². The van der Waals surface area contributed by atoms with Crippen LogP contribution in [0.15, 0.2) is 36.4 Å². The summed E-state index contributed by atoms with van der Waals surface area (Å²) >= 11 is 0. The number of carbonyl (C=O) groups is 1. The molecule has 0 N–H and O–H groups in total. The van der Waals surface area contributed by atoms with E-state index in [1.54, 1.807) is 0 Å². The molecule has 0 radical (unpaired) electrons. The fourth-order valence-corrected chi connectivity index (χ4v) is 6.90. The Morgan fingerprint density at radius 2 is 1.90 bits per heavy atom. The van der Waals surface area contributed by atoms with E-state index in [1.165, 1.54) is 5.56 Å². The standard InChI is InChI=1S/C24H33N3O3S/c1-18-13-23(19(2)27(18)22-10-12-31(29,30)17-22)24(28)16-26-11-9-21(15-26)25(3)14-20-7-5-4-6-8-20/h4-8,13,21-22H,9-12,14-17H2,1-3H3/t21-,22-/m0/s1. The summed E-state index contributed by atoms with van der Waals surface area (Å²) < 4.78 is 25.9. The molecule has 4 rings (SSSR count). The van der Waals surface area contributed by atoms with Gasteiger partial charge in [-0.2, -0.15) is 0 Å². The topological polar surface area (TPSA) is 62.6 Å². The van der Waals surface area contributed by atoms with Gasteiger partial charge in [0.15, 0.2) is 15.6 Å². The molecular formula is C24H33N3O3S. The van der Waals surface area contributed by atoms with E-state index >= 15 is 0 Å². The first-order valence-electron chi connectivity index (χ1n) is 11.1. The summed E-state index contributed by atoms with van der Waals surface area (Å²) in [4.78, 5) is 17.7. The lowest BCUT2D eigenvalue weighted by molar-refractivity contribution is 0.0939. The highest BCUT2D eigenvalue weighted by molar-refractivity contribution is 7.91. The first-order chi connectivity index (χ1) is 14.7. The third-order valence-corrected chi connectivity index (χ3v) is 8.62. The summed E-state index contributed by atoms with van der Waals surface area (Å²) in [6.07, 6.45) is 1.70. The maximum absolute atomic E-state index is 13.1. The van der Waals surface area contributed by atoms with Crippen LogP contribution >= 0.6 is 0 Å². The third-order valence-electron chi connectivity index (χ3n) is 6.87. The molecule has 2 fully saturated rings. The Morgan fingerprint density at radius 3 is 2.58 bits per heavy atom. The van der Waals surface area contributed by atoms with Crippen LogP contribution in [-0.2, 0) is 16.4 Å². The summed E-state index contributed by atoms with van der Waals surface area (Å²) in [5, 5.41) is 0. The summed E-state index contributed by atoms with van der Waals surface area (Å²) in [7, 11) is -0.803. The van der Waals surface area contributed by atoms with Gasteiger partial charge < -0.3 is 4.57 Å². The number of likely N-dealkylation sites (tertiary alicyclic amines) is 1. The third kappa shape index (κ3) is 4.94. The second kappa shape index (κ2) is 8.88. The van der Waals surface area contributed by atoms with E-state index in [2.05, 4.69) is 45.7 Å². The van der Waals surface area contributed by atoms with Crippen LogP contribution in [0.1, 0.15) is 46.2 Å². The number of sulfone groups is 1. The molecule has 3 heterocycles. The van der Waals surface area contributed by atoms with Gasteiger partial charge in [0.1, 0.15) is 0 Å². The van der Waals surface area contributed by atoms with Gasteiger partial charge in [-0.05, 0) is 45.4 Å². The van der Waals surface area contributed by atoms with Gasteiger partial charge in [-0.1, -0.05) is 30.3 Å². The number of carbonyl (C=O) groups excluding carboxylic acids is 1. The lowest BCUT2D eigenvalue weighted by atomic mass is 10.1. The zero-order chi connectivity index (χ0) is 22.2. The first-order valence-corrected chi connectivity index (χ1v) is 12.9. The van der Waals surface area contributed by atoms with E-state index in [4.69, 9.17) is 0 Å². The Kier molecular flexibility index (Phi) is 6.37. The lowest BCUT2D eigenvalue weighted by Gasteiger charge is -2.24. The van der Waals surface area contributed by atoms with Crippen molar-refractivity contribution in [3.63, 3.8) is 0 Å². The minimum absolute atomic E-state index is 0.0469. The molecule has 2 aliphatic heterocycles. The lowest BCUT2D eigenvalue weighted by Crippen LogP contribution is -2.35. The SMILES string of the molecule is Cc1cc(C(=O)CN2CC[C@H](N(C)Cc3ccccc3)C2)c(C)n1[C@H]1CCS(=O)(=O)C1. The zero-order valence-corrected chi connectivity index (χ0v) is 19.6. The largest absolute Gasteiger partial charge is 0.344 e. The fraction of sp³-hybridized carbons (Fsp3) is 0.542. The van der Waals surface area contributed by atoms with Gasteiger partial charge in [-0.25, -0.2) is 8.42 Å². The maximum Gasteiger partial charge on any atom is 0.178 e. The molecule has 1 aromatic carbocycles. The smallest absolute Gasteiger partial charge is 0.178 e. The van der Waals surface area contributed by atoms with E-state index in [-0.39, 0.29) is 23.3 Å². The summed E-state index contributed by atoms with van der Waals surface area (Å²) in [6.45, 7) is 7.08. The highest BCUT2D eigenvalue weighted by Crippen LogP contribution is 2.29. The van der Waals surface area contributed by atoms with Gasteiger partial charge in [0.05, 0.1) is 18.1 Å². The van der Waals surface area contributed by atoms with Crippen molar-refractivity contribution >= 4 is 15.6 Å². The normalized spacial score (nSPS) is 23.6. The predicted octanol–water partition coefficient (Wildman–Crippen LogP) is 2.85. The zero-order valence-electron chi connectivity index (χ0n) is 18.8. The van der Waals surface area contributed by atoms with Crippen molar-refractivity contribution in [1.29, 1.82) is 0 Å². The second-order valence-corrected chi connectivity index (χ2v) is 11.4. The van der Waals surface area contributed by atoms with Gasteiger partial charge in [0.25, 0.3) is 0 Å². The van der Waals surface area contributed by atoms with Crippen LogP contribution in [0.2, 0.25) is 0 Å².